The van der Waals surface area contributed by atoms with Gasteiger partial charge in [0.2, 0.25) is 0 Å². The Morgan fingerprint density at radius 3 is 2.92 bits per heavy atom. The highest BCUT2D eigenvalue weighted by molar-refractivity contribution is 9.10. The van der Waals surface area contributed by atoms with Crippen molar-refractivity contribution >= 4 is 28.8 Å². The molecule has 2 unspecified atom stereocenters. The lowest BCUT2D eigenvalue weighted by Gasteiger charge is -2.26. The number of halogens is 1. The van der Waals surface area contributed by atoms with Crippen LogP contribution in [0.25, 0.3) is 0 Å². The Morgan fingerprint density at radius 2 is 2.42 bits per heavy atom. The van der Waals surface area contributed by atoms with Gasteiger partial charge < -0.3 is 10.3 Å². The number of hydrogen-bond acceptors (Lipinski definition) is 3. The van der Waals surface area contributed by atoms with Crippen LogP contribution >= 0.6 is 15.9 Å². The average Bonchev–Trinajstić information content (AvgIpc) is 1.96. The van der Waals surface area contributed by atoms with Crippen LogP contribution in [0, 0.1) is 0 Å². The van der Waals surface area contributed by atoms with Crippen LogP contribution < -0.4 is 5.23 Å². The van der Waals surface area contributed by atoms with Gasteiger partial charge >= 0.3 is 7.05 Å². The standard InChI is InChI=1S/C7H13BBrNO2/c1-8(12)10-5-2-3-7(11)6(9)4-5/h5-6,10,12H,2-4H2,1H3. The second-order valence-corrected chi connectivity index (χ2v) is 4.35. The molecule has 0 spiro atoms. The molecule has 1 saturated carbocycles. The molecular formula is C7H13BBrNO2. The van der Waals surface area contributed by atoms with Gasteiger partial charge in [0.1, 0.15) is 5.78 Å². The van der Waals surface area contributed by atoms with Gasteiger partial charge in [-0.25, -0.2) is 0 Å². The third-order valence-electron chi connectivity index (χ3n) is 2.06. The molecule has 0 aromatic rings. The molecule has 0 aromatic heterocycles. The normalized spacial score (nSPS) is 30.4. The number of carbonyl (C=O) groups excluding carboxylic acids is 1. The molecule has 5 heteroatoms. The summed E-state index contributed by atoms with van der Waals surface area (Å²) >= 11 is 3.31. The highest BCUT2D eigenvalue weighted by atomic mass is 79.9. The maximum Gasteiger partial charge on any atom is 0.373 e. The van der Waals surface area contributed by atoms with Crippen molar-refractivity contribution in [1.29, 1.82) is 0 Å². The van der Waals surface area contributed by atoms with Crippen LogP contribution in [0.3, 0.4) is 0 Å². The first kappa shape index (κ1) is 10.2. The number of ketones is 1. The van der Waals surface area contributed by atoms with Crippen LogP contribution in [0.2, 0.25) is 6.82 Å². The fraction of sp³-hybridized carbons (Fsp3) is 0.857. The Labute approximate surface area is 81.2 Å². The summed E-state index contributed by atoms with van der Waals surface area (Å²) in [5, 5.41) is 12.1. The minimum absolute atomic E-state index is 0.0255. The highest BCUT2D eigenvalue weighted by Gasteiger charge is 2.27. The van der Waals surface area contributed by atoms with Crippen LogP contribution in [-0.4, -0.2) is 28.7 Å². The van der Waals surface area contributed by atoms with E-state index in [1.165, 1.54) is 0 Å². The van der Waals surface area contributed by atoms with Crippen molar-refractivity contribution in [2.75, 3.05) is 0 Å². The zero-order valence-electron chi connectivity index (χ0n) is 7.09. The van der Waals surface area contributed by atoms with E-state index in [-0.39, 0.29) is 16.7 Å². The summed E-state index contributed by atoms with van der Waals surface area (Å²) in [6.07, 6.45) is 2.23. The SMILES string of the molecule is CB(O)NC1CCC(=O)C(Br)C1. The molecule has 12 heavy (non-hydrogen) atoms. The quantitative estimate of drug-likeness (QED) is 0.542. The van der Waals surface area contributed by atoms with E-state index in [2.05, 4.69) is 21.2 Å². The molecule has 0 aliphatic heterocycles. The summed E-state index contributed by atoms with van der Waals surface area (Å²) < 4.78 is 0. The molecule has 1 fully saturated rings. The molecule has 68 valence electrons. The van der Waals surface area contributed by atoms with E-state index in [9.17, 15) is 4.79 Å². The number of rotatable bonds is 2. The second kappa shape index (κ2) is 4.39. The molecule has 0 bridgehead atoms. The largest absolute Gasteiger partial charge is 0.437 e. The summed E-state index contributed by atoms with van der Waals surface area (Å²) in [6, 6.07) is 0.270. The van der Waals surface area contributed by atoms with Crippen molar-refractivity contribution in [3.8, 4) is 0 Å². The monoisotopic (exact) mass is 233 g/mol. The topological polar surface area (TPSA) is 49.3 Å². The van der Waals surface area contributed by atoms with Gasteiger partial charge in [0, 0.05) is 12.5 Å². The third-order valence-corrected chi connectivity index (χ3v) is 2.94. The molecule has 0 radical (unpaired) electrons. The van der Waals surface area contributed by atoms with E-state index < -0.39 is 7.05 Å². The molecule has 3 nitrogen and oxygen atoms in total. The lowest BCUT2D eigenvalue weighted by atomic mass is 9.83. The first-order valence-electron chi connectivity index (χ1n) is 4.20. The Kier molecular flexibility index (Phi) is 3.74. The smallest absolute Gasteiger partial charge is 0.373 e. The van der Waals surface area contributed by atoms with Crippen LogP contribution in [0.4, 0.5) is 0 Å². The number of hydrogen-bond donors (Lipinski definition) is 2. The van der Waals surface area contributed by atoms with Gasteiger partial charge in [0.15, 0.2) is 0 Å². The summed E-state index contributed by atoms with van der Waals surface area (Å²) in [5.41, 5.74) is 0. The van der Waals surface area contributed by atoms with Crippen molar-refractivity contribution in [1.82, 2.24) is 5.23 Å². The van der Waals surface area contributed by atoms with Crippen molar-refractivity contribution in [2.45, 2.75) is 37.0 Å². The fourth-order valence-corrected chi connectivity index (χ4v) is 2.14. The molecular weight excluding hydrogens is 221 g/mol. The second-order valence-electron chi connectivity index (χ2n) is 3.25. The van der Waals surface area contributed by atoms with Gasteiger partial charge in [-0.15, -0.1) is 0 Å². The first-order valence-corrected chi connectivity index (χ1v) is 5.12. The van der Waals surface area contributed by atoms with Crippen molar-refractivity contribution in [3.63, 3.8) is 0 Å². The molecule has 1 aliphatic carbocycles. The Morgan fingerprint density at radius 1 is 1.75 bits per heavy atom. The highest BCUT2D eigenvalue weighted by Crippen LogP contribution is 2.21. The number of Topliss-reactive ketones (excluding diaryl/α,β-unsaturated/α-hetero) is 1. The molecule has 1 rings (SSSR count). The summed E-state index contributed by atoms with van der Waals surface area (Å²) in [4.78, 5) is 11.1. The number of alkyl halides is 1. The first-order chi connectivity index (χ1) is 5.59. The van der Waals surface area contributed by atoms with E-state index in [0.717, 1.165) is 12.8 Å². The molecule has 2 atom stereocenters. The Balaban J connectivity index is 2.35. The van der Waals surface area contributed by atoms with E-state index >= 15 is 0 Å². The van der Waals surface area contributed by atoms with Crippen molar-refractivity contribution < 1.29 is 9.82 Å². The zero-order valence-corrected chi connectivity index (χ0v) is 8.67. The van der Waals surface area contributed by atoms with E-state index in [4.69, 9.17) is 5.02 Å². The summed E-state index contributed by atoms with van der Waals surface area (Å²) in [5.74, 6) is 0.277. The molecule has 2 N–H and O–H groups in total. The van der Waals surface area contributed by atoms with Crippen LogP contribution in [0.5, 0.6) is 0 Å². The molecule has 0 heterocycles. The maximum atomic E-state index is 11.1. The molecule has 0 amide bonds. The zero-order chi connectivity index (χ0) is 9.14. The van der Waals surface area contributed by atoms with Crippen molar-refractivity contribution in [3.05, 3.63) is 0 Å². The van der Waals surface area contributed by atoms with Gasteiger partial charge in [-0.3, -0.25) is 4.79 Å². The predicted molar refractivity (Wildman–Crippen MR) is 52.3 cm³/mol. The third kappa shape index (κ3) is 2.88. The predicted octanol–water partition coefficient (Wildman–Crippen LogP) is 0.571. The average molecular weight is 234 g/mol. The fourth-order valence-electron chi connectivity index (χ4n) is 1.46. The van der Waals surface area contributed by atoms with E-state index in [1.807, 2.05) is 0 Å². The van der Waals surface area contributed by atoms with Gasteiger partial charge in [-0.2, -0.15) is 0 Å². The van der Waals surface area contributed by atoms with Gasteiger partial charge in [0.05, 0.1) is 4.83 Å². The van der Waals surface area contributed by atoms with Gasteiger partial charge in [-0.05, 0) is 19.7 Å². The lowest BCUT2D eigenvalue weighted by molar-refractivity contribution is -0.119. The van der Waals surface area contributed by atoms with Crippen LogP contribution in [0.15, 0.2) is 0 Å². The summed E-state index contributed by atoms with van der Waals surface area (Å²) in [6.45, 7) is 1.69. The Hall–Kier alpha value is 0.135. The van der Waals surface area contributed by atoms with Crippen LogP contribution in [0.1, 0.15) is 19.3 Å². The van der Waals surface area contributed by atoms with E-state index in [0.29, 0.717) is 6.42 Å². The molecule has 0 saturated heterocycles. The lowest BCUT2D eigenvalue weighted by Crippen LogP contribution is -2.44. The number of carbonyl (C=O) groups is 1. The van der Waals surface area contributed by atoms with Gasteiger partial charge in [0.25, 0.3) is 0 Å². The maximum absolute atomic E-state index is 11.1. The molecule has 0 aromatic carbocycles. The van der Waals surface area contributed by atoms with Crippen molar-refractivity contribution in [2.24, 2.45) is 0 Å². The number of nitrogens with one attached hydrogen (secondary N) is 1. The van der Waals surface area contributed by atoms with Crippen LogP contribution in [-0.2, 0) is 4.79 Å². The summed E-state index contributed by atoms with van der Waals surface area (Å²) in [7, 11) is -0.483. The minimum Gasteiger partial charge on any atom is -0.437 e. The van der Waals surface area contributed by atoms with E-state index in [1.54, 1.807) is 6.82 Å². The van der Waals surface area contributed by atoms with Gasteiger partial charge in [-0.1, -0.05) is 15.9 Å². The molecule has 1 aliphatic rings. The Bertz CT molecular complexity index is 177. The minimum atomic E-state index is -0.483.